The van der Waals surface area contributed by atoms with Crippen LogP contribution < -0.4 is 0 Å². The molecule has 1 aromatic rings. The molecular weight excluding hydrogens is 192 g/mol. The Bertz CT molecular complexity index is 377. The summed E-state index contributed by atoms with van der Waals surface area (Å²) < 4.78 is 24.9. The summed E-state index contributed by atoms with van der Waals surface area (Å²) in [5.41, 5.74) is -0.119. The second-order valence-electron chi connectivity index (χ2n) is 3.08. The van der Waals surface area contributed by atoms with Crippen LogP contribution in [0.3, 0.4) is 0 Å². The molecule has 76 valence electrons. The lowest BCUT2D eigenvalue weighted by Gasteiger charge is -2.05. The number of benzene rings is 1. The first-order chi connectivity index (χ1) is 6.43. The summed E-state index contributed by atoms with van der Waals surface area (Å²) in [5, 5.41) is 10.5. The molecule has 0 amide bonds. The Kier molecular flexibility index (Phi) is 2.78. The van der Waals surface area contributed by atoms with Gasteiger partial charge in [0.05, 0.1) is 10.5 Å². The number of halogens is 2. The van der Waals surface area contributed by atoms with Gasteiger partial charge in [0.15, 0.2) is 0 Å². The first-order valence-electron chi connectivity index (χ1n) is 3.97. The lowest BCUT2D eigenvalue weighted by Crippen LogP contribution is -1.99. The van der Waals surface area contributed by atoms with Crippen molar-refractivity contribution in [3.8, 4) is 0 Å². The zero-order valence-corrected chi connectivity index (χ0v) is 7.75. The maximum absolute atomic E-state index is 12.4. The van der Waals surface area contributed by atoms with Gasteiger partial charge in [0.1, 0.15) is 0 Å². The molecule has 5 heteroatoms. The molecule has 0 N–H and O–H groups in total. The topological polar surface area (TPSA) is 43.1 Å². The molecule has 1 aromatic carbocycles. The smallest absolute Gasteiger partial charge is 0.258 e. The number of hydrogen-bond donors (Lipinski definition) is 0. The van der Waals surface area contributed by atoms with E-state index in [4.69, 9.17) is 0 Å². The van der Waals surface area contributed by atoms with E-state index >= 15 is 0 Å². The van der Waals surface area contributed by atoms with Crippen molar-refractivity contribution in [2.24, 2.45) is 0 Å². The highest BCUT2D eigenvalue weighted by Crippen LogP contribution is 2.32. The van der Waals surface area contributed by atoms with Crippen LogP contribution in [0, 0.1) is 24.0 Å². The molecule has 0 aliphatic heterocycles. The zero-order chi connectivity index (χ0) is 10.9. The van der Waals surface area contributed by atoms with Crippen LogP contribution >= 0.6 is 0 Å². The summed E-state index contributed by atoms with van der Waals surface area (Å²) in [6, 6.07) is 2.67. The van der Waals surface area contributed by atoms with E-state index in [1.807, 2.05) is 0 Å². The van der Waals surface area contributed by atoms with Gasteiger partial charge in [0.25, 0.3) is 12.1 Å². The zero-order valence-electron chi connectivity index (χ0n) is 7.75. The van der Waals surface area contributed by atoms with Crippen LogP contribution in [0.25, 0.3) is 0 Å². The van der Waals surface area contributed by atoms with Crippen molar-refractivity contribution in [2.45, 2.75) is 20.3 Å². The standard InChI is InChI=1S/C9H9F2NO2/c1-5-3-6(2)8(12(13)14)7(4-5)9(10)11/h3-4,9H,1-2H3. The minimum absolute atomic E-state index is 0.269. The van der Waals surface area contributed by atoms with E-state index in [9.17, 15) is 18.9 Å². The number of hydrogen-bond acceptors (Lipinski definition) is 2. The third kappa shape index (κ3) is 1.86. The first-order valence-corrected chi connectivity index (χ1v) is 3.97. The second-order valence-corrected chi connectivity index (χ2v) is 3.08. The molecule has 0 saturated carbocycles. The fraction of sp³-hybridized carbons (Fsp3) is 0.333. The first kappa shape index (κ1) is 10.6. The Labute approximate surface area is 79.5 Å². The molecule has 0 atom stereocenters. The van der Waals surface area contributed by atoms with Crippen LogP contribution in [0.5, 0.6) is 0 Å². The normalized spacial score (nSPS) is 10.6. The Hall–Kier alpha value is -1.52. The fourth-order valence-electron chi connectivity index (χ4n) is 1.41. The van der Waals surface area contributed by atoms with Crippen molar-refractivity contribution in [3.05, 3.63) is 38.9 Å². The maximum Gasteiger partial charge on any atom is 0.281 e. The molecule has 0 aliphatic rings. The average molecular weight is 201 g/mol. The minimum Gasteiger partial charge on any atom is -0.258 e. The highest BCUT2D eigenvalue weighted by Gasteiger charge is 2.24. The van der Waals surface area contributed by atoms with Crippen LogP contribution in [0.15, 0.2) is 12.1 Å². The number of aryl methyl sites for hydroxylation is 2. The molecule has 0 fully saturated rings. The summed E-state index contributed by atoms with van der Waals surface area (Å²) in [7, 11) is 0. The van der Waals surface area contributed by atoms with Crippen molar-refractivity contribution in [1.82, 2.24) is 0 Å². The van der Waals surface area contributed by atoms with E-state index in [2.05, 4.69) is 0 Å². The highest BCUT2D eigenvalue weighted by molar-refractivity contribution is 5.50. The average Bonchev–Trinajstić information content (AvgIpc) is 2.01. The highest BCUT2D eigenvalue weighted by atomic mass is 19.3. The van der Waals surface area contributed by atoms with Gasteiger partial charge >= 0.3 is 0 Å². The number of nitro groups is 1. The van der Waals surface area contributed by atoms with Crippen molar-refractivity contribution in [1.29, 1.82) is 0 Å². The lowest BCUT2D eigenvalue weighted by atomic mass is 10.0. The van der Waals surface area contributed by atoms with Crippen LogP contribution in [-0.4, -0.2) is 4.92 Å². The lowest BCUT2D eigenvalue weighted by molar-refractivity contribution is -0.386. The summed E-state index contributed by atoms with van der Waals surface area (Å²) >= 11 is 0. The Balaban J connectivity index is 3.44. The van der Waals surface area contributed by atoms with Gasteiger partial charge in [0, 0.05) is 5.56 Å². The van der Waals surface area contributed by atoms with E-state index in [-0.39, 0.29) is 5.56 Å². The minimum atomic E-state index is -2.81. The summed E-state index contributed by atoms with van der Waals surface area (Å²) in [5.74, 6) is 0. The van der Waals surface area contributed by atoms with E-state index in [1.54, 1.807) is 6.92 Å². The molecule has 0 aromatic heterocycles. The number of nitrogens with zero attached hydrogens (tertiary/aromatic N) is 1. The summed E-state index contributed by atoms with van der Waals surface area (Å²) in [4.78, 5) is 9.76. The molecule has 14 heavy (non-hydrogen) atoms. The van der Waals surface area contributed by atoms with Crippen molar-refractivity contribution < 1.29 is 13.7 Å². The number of rotatable bonds is 2. The third-order valence-electron chi connectivity index (χ3n) is 1.89. The monoisotopic (exact) mass is 201 g/mol. The molecule has 0 radical (unpaired) electrons. The van der Waals surface area contributed by atoms with Gasteiger partial charge in [-0.05, 0) is 31.5 Å². The predicted octanol–water partition coefficient (Wildman–Crippen LogP) is 3.15. The Morgan fingerprint density at radius 2 is 1.93 bits per heavy atom. The molecular formula is C9H9F2NO2. The third-order valence-corrected chi connectivity index (χ3v) is 1.89. The Morgan fingerprint density at radius 1 is 1.36 bits per heavy atom. The van der Waals surface area contributed by atoms with Gasteiger partial charge in [-0.3, -0.25) is 10.1 Å². The van der Waals surface area contributed by atoms with Crippen molar-refractivity contribution in [3.63, 3.8) is 0 Å². The molecule has 0 unspecified atom stereocenters. The van der Waals surface area contributed by atoms with E-state index in [0.29, 0.717) is 5.56 Å². The van der Waals surface area contributed by atoms with Crippen molar-refractivity contribution >= 4 is 5.69 Å². The maximum atomic E-state index is 12.4. The van der Waals surface area contributed by atoms with Crippen LogP contribution in [0.4, 0.5) is 14.5 Å². The van der Waals surface area contributed by atoms with Crippen LogP contribution in [0.2, 0.25) is 0 Å². The van der Waals surface area contributed by atoms with E-state index in [0.717, 1.165) is 6.07 Å². The summed E-state index contributed by atoms with van der Waals surface area (Å²) in [6.45, 7) is 3.08. The number of nitro benzene ring substituents is 1. The largest absolute Gasteiger partial charge is 0.281 e. The van der Waals surface area contributed by atoms with Crippen LogP contribution in [-0.2, 0) is 0 Å². The van der Waals surface area contributed by atoms with Gasteiger partial charge < -0.3 is 0 Å². The second kappa shape index (κ2) is 3.69. The quantitative estimate of drug-likeness (QED) is 0.544. The molecule has 3 nitrogen and oxygen atoms in total. The Morgan fingerprint density at radius 3 is 2.36 bits per heavy atom. The molecule has 0 spiro atoms. The van der Waals surface area contributed by atoms with Gasteiger partial charge in [0.2, 0.25) is 0 Å². The van der Waals surface area contributed by atoms with Gasteiger partial charge in [-0.15, -0.1) is 0 Å². The molecule has 0 aliphatic carbocycles. The van der Waals surface area contributed by atoms with E-state index in [1.165, 1.54) is 13.0 Å². The fourth-order valence-corrected chi connectivity index (χ4v) is 1.41. The molecule has 0 saturated heterocycles. The van der Waals surface area contributed by atoms with Gasteiger partial charge in [-0.25, -0.2) is 8.78 Å². The van der Waals surface area contributed by atoms with Gasteiger partial charge in [-0.1, -0.05) is 0 Å². The predicted molar refractivity (Wildman–Crippen MR) is 47.5 cm³/mol. The molecule has 0 heterocycles. The number of alkyl halides is 2. The van der Waals surface area contributed by atoms with E-state index < -0.39 is 22.6 Å². The SMILES string of the molecule is Cc1cc(C)c([N+](=O)[O-])c(C(F)F)c1. The molecule has 1 rings (SSSR count). The van der Waals surface area contributed by atoms with Crippen molar-refractivity contribution in [2.75, 3.05) is 0 Å². The summed E-state index contributed by atoms with van der Waals surface area (Å²) in [6.07, 6.45) is -2.81. The van der Waals surface area contributed by atoms with Gasteiger partial charge in [-0.2, -0.15) is 0 Å². The van der Waals surface area contributed by atoms with Crippen LogP contribution in [0.1, 0.15) is 23.1 Å². The molecule has 0 bridgehead atoms.